The summed E-state index contributed by atoms with van der Waals surface area (Å²) in [6.45, 7) is 2.18. The zero-order chi connectivity index (χ0) is 15.7. The summed E-state index contributed by atoms with van der Waals surface area (Å²) in [4.78, 5) is 22.1. The normalized spacial score (nSPS) is 10.5. The van der Waals surface area contributed by atoms with Gasteiger partial charge < -0.3 is 10.2 Å². The van der Waals surface area contributed by atoms with E-state index < -0.39 is 11.9 Å². The first-order chi connectivity index (χ1) is 10.1. The van der Waals surface area contributed by atoms with E-state index in [0.717, 1.165) is 19.3 Å². The van der Waals surface area contributed by atoms with E-state index in [9.17, 15) is 9.59 Å². The number of hydrogen-bond acceptors (Lipinski definition) is 2. The first-order valence-corrected chi connectivity index (χ1v) is 7.65. The molecule has 0 fully saturated rings. The van der Waals surface area contributed by atoms with Crippen molar-refractivity contribution in [2.75, 3.05) is 0 Å². The predicted molar refractivity (Wildman–Crippen MR) is 82.1 cm³/mol. The Balaban J connectivity index is 2.53. The largest absolute Gasteiger partial charge is 0.478 e. The highest BCUT2D eigenvalue weighted by Crippen LogP contribution is 2.17. The van der Waals surface area contributed by atoms with Crippen LogP contribution in [0, 0.1) is 0 Å². The molecule has 0 aromatic heterocycles. The zero-order valence-electron chi connectivity index (χ0n) is 12.6. The van der Waals surface area contributed by atoms with Gasteiger partial charge in [-0.25, -0.2) is 9.59 Å². The Morgan fingerprint density at radius 1 is 0.905 bits per heavy atom. The van der Waals surface area contributed by atoms with Gasteiger partial charge in [0.15, 0.2) is 0 Å². The number of carboxylic acids is 2. The maximum absolute atomic E-state index is 11.2. The summed E-state index contributed by atoms with van der Waals surface area (Å²) in [5.41, 5.74) is 0.986. The second kappa shape index (κ2) is 9.16. The minimum Gasteiger partial charge on any atom is -0.478 e. The molecule has 4 nitrogen and oxygen atoms in total. The van der Waals surface area contributed by atoms with E-state index in [-0.39, 0.29) is 11.1 Å². The van der Waals surface area contributed by atoms with Crippen molar-refractivity contribution in [3.63, 3.8) is 0 Å². The van der Waals surface area contributed by atoms with Crippen LogP contribution in [0.25, 0.3) is 0 Å². The number of aromatic carboxylic acids is 2. The summed E-state index contributed by atoms with van der Waals surface area (Å²) in [7, 11) is 0. The molecule has 1 rings (SSSR count). The van der Waals surface area contributed by atoms with Crippen LogP contribution in [0.2, 0.25) is 0 Å². The topological polar surface area (TPSA) is 74.6 Å². The summed E-state index contributed by atoms with van der Waals surface area (Å²) in [6, 6.07) is 4.23. The molecule has 0 spiro atoms. The van der Waals surface area contributed by atoms with Gasteiger partial charge in [-0.15, -0.1) is 0 Å². The lowest BCUT2D eigenvalue weighted by atomic mass is 9.98. The Labute approximate surface area is 125 Å². The molecule has 0 radical (unpaired) electrons. The standard InChI is InChI=1S/C17H24O4/c1-2-3-4-5-6-7-8-9-13-12-14(16(18)19)10-11-15(13)17(20)21/h10-12H,2-9H2,1H3,(H,18,19)(H,20,21). The molecule has 4 heteroatoms. The number of benzene rings is 1. The van der Waals surface area contributed by atoms with Crippen molar-refractivity contribution in [1.82, 2.24) is 0 Å². The van der Waals surface area contributed by atoms with Gasteiger partial charge in [0.1, 0.15) is 0 Å². The Morgan fingerprint density at radius 3 is 2.10 bits per heavy atom. The monoisotopic (exact) mass is 292 g/mol. The Morgan fingerprint density at radius 2 is 1.52 bits per heavy atom. The third-order valence-corrected chi connectivity index (χ3v) is 3.63. The van der Waals surface area contributed by atoms with E-state index in [1.165, 1.54) is 43.9 Å². The van der Waals surface area contributed by atoms with Crippen LogP contribution in [0.5, 0.6) is 0 Å². The van der Waals surface area contributed by atoms with Crippen LogP contribution in [-0.2, 0) is 6.42 Å². The van der Waals surface area contributed by atoms with Crippen molar-refractivity contribution in [3.05, 3.63) is 34.9 Å². The lowest BCUT2D eigenvalue weighted by Crippen LogP contribution is -2.06. The zero-order valence-corrected chi connectivity index (χ0v) is 12.6. The number of rotatable bonds is 10. The quantitative estimate of drug-likeness (QED) is 0.628. The van der Waals surface area contributed by atoms with Gasteiger partial charge >= 0.3 is 11.9 Å². The average molecular weight is 292 g/mol. The van der Waals surface area contributed by atoms with Crippen molar-refractivity contribution in [2.45, 2.75) is 58.3 Å². The lowest BCUT2D eigenvalue weighted by molar-refractivity contribution is 0.0680. The number of unbranched alkanes of at least 4 members (excludes halogenated alkanes) is 6. The van der Waals surface area contributed by atoms with E-state index in [1.807, 2.05) is 0 Å². The van der Waals surface area contributed by atoms with Gasteiger partial charge in [0.05, 0.1) is 11.1 Å². The van der Waals surface area contributed by atoms with Crippen LogP contribution in [0.1, 0.15) is 78.1 Å². The highest BCUT2D eigenvalue weighted by atomic mass is 16.4. The second-order valence-electron chi connectivity index (χ2n) is 5.35. The van der Waals surface area contributed by atoms with Gasteiger partial charge in [-0.05, 0) is 36.6 Å². The number of carboxylic acid groups (broad SMARTS) is 2. The number of hydrogen-bond donors (Lipinski definition) is 2. The summed E-state index contributed by atoms with van der Waals surface area (Å²) in [6.07, 6.45) is 8.70. The molecule has 2 N–H and O–H groups in total. The van der Waals surface area contributed by atoms with E-state index in [1.54, 1.807) is 0 Å². The molecule has 116 valence electrons. The van der Waals surface area contributed by atoms with Crippen LogP contribution in [0.15, 0.2) is 18.2 Å². The van der Waals surface area contributed by atoms with Crippen LogP contribution < -0.4 is 0 Å². The van der Waals surface area contributed by atoms with Gasteiger partial charge in [0.2, 0.25) is 0 Å². The lowest BCUT2D eigenvalue weighted by Gasteiger charge is -2.07. The summed E-state index contributed by atoms with van der Waals surface area (Å²) in [5, 5.41) is 18.1. The van der Waals surface area contributed by atoms with E-state index >= 15 is 0 Å². The molecule has 21 heavy (non-hydrogen) atoms. The Bertz CT molecular complexity index is 480. The fraction of sp³-hybridized carbons (Fsp3) is 0.529. The van der Waals surface area contributed by atoms with Crippen molar-refractivity contribution < 1.29 is 19.8 Å². The molecule has 0 aliphatic rings. The number of carbonyl (C=O) groups is 2. The van der Waals surface area contributed by atoms with E-state index in [4.69, 9.17) is 10.2 Å². The molecule has 0 saturated carbocycles. The van der Waals surface area contributed by atoms with Crippen molar-refractivity contribution >= 4 is 11.9 Å². The maximum atomic E-state index is 11.2. The molecule has 1 aromatic carbocycles. The summed E-state index contributed by atoms with van der Waals surface area (Å²) in [5.74, 6) is -2.02. The van der Waals surface area contributed by atoms with Crippen LogP contribution in [0.3, 0.4) is 0 Å². The number of aryl methyl sites for hydroxylation is 1. The highest BCUT2D eigenvalue weighted by molar-refractivity contribution is 5.93. The SMILES string of the molecule is CCCCCCCCCc1cc(C(=O)O)ccc1C(=O)O. The van der Waals surface area contributed by atoms with Gasteiger partial charge in [0, 0.05) is 0 Å². The molecular weight excluding hydrogens is 268 g/mol. The molecule has 0 heterocycles. The van der Waals surface area contributed by atoms with Crippen molar-refractivity contribution in [3.8, 4) is 0 Å². The van der Waals surface area contributed by atoms with Gasteiger partial charge in [-0.3, -0.25) is 0 Å². The molecular formula is C17H24O4. The molecule has 0 atom stereocenters. The van der Waals surface area contributed by atoms with Crippen molar-refractivity contribution in [2.24, 2.45) is 0 Å². The smallest absolute Gasteiger partial charge is 0.335 e. The van der Waals surface area contributed by atoms with Gasteiger partial charge in [-0.2, -0.15) is 0 Å². The van der Waals surface area contributed by atoms with Crippen LogP contribution in [-0.4, -0.2) is 22.2 Å². The summed E-state index contributed by atoms with van der Waals surface area (Å²) >= 11 is 0. The molecule has 0 aliphatic heterocycles. The fourth-order valence-corrected chi connectivity index (χ4v) is 2.41. The second-order valence-corrected chi connectivity index (χ2v) is 5.35. The average Bonchev–Trinajstić information content (AvgIpc) is 2.45. The predicted octanol–water partition coefficient (Wildman–Crippen LogP) is 4.38. The van der Waals surface area contributed by atoms with Crippen LogP contribution >= 0.6 is 0 Å². The molecule has 0 bridgehead atoms. The maximum Gasteiger partial charge on any atom is 0.335 e. The Hall–Kier alpha value is -1.84. The van der Waals surface area contributed by atoms with Crippen molar-refractivity contribution in [1.29, 1.82) is 0 Å². The highest BCUT2D eigenvalue weighted by Gasteiger charge is 2.13. The van der Waals surface area contributed by atoms with Gasteiger partial charge in [-0.1, -0.05) is 45.4 Å². The third-order valence-electron chi connectivity index (χ3n) is 3.63. The fourth-order valence-electron chi connectivity index (χ4n) is 2.41. The molecule has 1 aromatic rings. The molecule has 0 amide bonds. The van der Waals surface area contributed by atoms with E-state index in [2.05, 4.69) is 6.92 Å². The Kier molecular flexibility index (Phi) is 7.51. The molecule has 0 unspecified atom stereocenters. The van der Waals surface area contributed by atoms with E-state index in [0.29, 0.717) is 12.0 Å². The first-order valence-electron chi connectivity index (χ1n) is 7.65. The first kappa shape index (κ1) is 17.2. The van der Waals surface area contributed by atoms with Gasteiger partial charge in [0.25, 0.3) is 0 Å². The third kappa shape index (κ3) is 5.98. The van der Waals surface area contributed by atoms with Crippen LogP contribution in [0.4, 0.5) is 0 Å². The molecule has 0 aliphatic carbocycles. The minimum absolute atomic E-state index is 0.151. The molecule has 0 saturated heterocycles. The minimum atomic E-state index is -1.02. The summed E-state index contributed by atoms with van der Waals surface area (Å²) < 4.78 is 0.